The molecule has 1 atom stereocenters. The van der Waals surface area contributed by atoms with Gasteiger partial charge in [-0.2, -0.15) is 0 Å². The van der Waals surface area contributed by atoms with Gasteiger partial charge in [-0.25, -0.2) is 0 Å². The van der Waals surface area contributed by atoms with Crippen molar-refractivity contribution in [3.05, 3.63) is 0 Å². The maximum Gasteiger partial charge on any atom is 0.306 e. The number of rotatable bonds is 53. The Morgan fingerprint density at radius 1 is 0.254 bits per heavy atom. The molecule has 0 rings (SSSR count). The fraction of sp³-hybridized carbons (Fsp3) is 0.947. The van der Waals surface area contributed by atoms with Crippen molar-refractivity contribution in [2.24, 2.45) is 0 Å². The van der Waals surface area contributed by atoms with Gasteiger partial charge in [0, 0.05) is 19.3 Å². The molecule has 0 radical (unpaired) electrons. The van der Waals surface area contributed by atoms with Crippen LogP contribution in [0, 0.1) is 0 Å². The molecule has 0 aromatic carbocycles. The third kappa shape index (κ3) is 51.3. The Morgan fingerprint density at radius 2 is 0.429 bits per heavy atom. The second-order valence-corrected chi connectivity index (χ2v) is 19.6. The predicted octanol–water partition coefficient (Wildman–Crippen LogP) is 18.8. The molecule has 63 heavy (non-hydrogen) atoms. The Hall–Kier alpha value is -1.59. The van der Waals surface area contributed by atoms with Gasteiger partial charge in [0.25, 0.3) is 0 Å². The van der Waals surface area contributed by atoms with E-state index in [0.717, 1.165) is 57.8 Å². The molecule has 0 aromatic rings. The van der Waals surface area contributed by atoms with Gasteiger partial charge in [-0.05, 0) is 19.3 Å². The van der Waals surface area contributed by atoms with Crippen LogP contribution < -0.4 is 0 Å². The fourth-order valence-electron chi connectivity index (χ4n) is 8.80. The summed E-state index contributed by atoms with van der Waals surface area (Å²) in [7, 11) is 0. The van der Waals surface area contributed by atoms with Crippen LogP contribution >= 0.6 is 0 Å². The second-order valence-electron chi connectivity index (χ2n) is 19.6. The Morgan fingerprint density at radius 3 is 0.635 bits per heavy atom. The van der Waals surface area contributed by atoms with E-state index in [4.69, 9.17) is 14.2 Å². The van der Waals surface area contributed by atoms with Crippen LogP contribution in [0.2, 0.25) is 0 Å². The Kier molecular flexibility index (Phi) is 51.7. The van der Waals surface area contributed by atoms with Crippen molar-refractivity contribution >= 4 is 17.9 Å². The van der Waals surface area contributed by atoms with Crippen LogP contribution in [0.1, 0.15) is 329 Å². The maximum absolute atomic E-state index is 12.8. The SMILES string of the molecule is CCCCCCCCCCCCCCCCCCCC(=O)O[C@@H](COC(=O)CCCCCCCCCCCCCC)COC(=O)CCCCCCCCCCCCCCCCCC. The predicted molar refractivity (Wildman–Crippen MR) is 270 cm³/mol. The van der Waals surface area contributed by atoms with Gasteiger partial charge in [0.05, 0.1) is 0 Å². The summed E-state index contributed by atoms with van der Waals surface area (Å²) in [5.41, 5.74) is 0. The Labute approximate surface area is 393 Å². The van der Waals surface area contributed by atoms with Crippen LogP contribution in [0.15, 0.2) is 0 Å². The Bertz CT molecular complexity index is 936. The van der Waals surface area contributed by atoms with E-state index in [1.807, 2.05) is 0 Å². The van der Waals surface area contributed by atoms with E-state index < -0.39 is 6.10 Å². The molecule has 0 bridgehead atoms. The first-order chi connectivity index (χ1) is 31.0. The minimum Gasteiger partial charge on any atom is -0.462 e. The van der Waals surface area contributed by atoms with Gasteiger partial charge in [-0.1, -0.05) is 290 Å². The summed E-state index contributed by atoms with van der Waals surface area (Å²) in [6, 6.07) is 0. The van der Waals surface area contributed by atoms with Gasteiger partial charge in [-0.3, -0.25) is 14.4 Å². The molecule has 0 fully saturated rings. The van der Waals surface area contributed by atoms with Crippen LogP contribution in [0.3, 0.4) is 0 Å². The van der Waals surface area contributed by atoms with E-state index in [9.17, 15) is 14.4 Å². The van der Waals surface area contributed by atoms with E-state index in [1.165, 1.54) is 231 Å². The first kappa shape index (κ1) is 61.4. The lowest BCUT2D eigenvalue weighted by molar-refractivity contribution is -0.167. The monoisotopic (exact) mass is 891 g/mol. The number of carbonyl (C=O) groups is 3. The average molecular weight is 892 g/mol. The lowest BCUT2D eigenvalue weighted by Gasteiger charge is -2.18. The molecule has 374 valence electrons. The molecule has 6 heteroatoms. The van der Waals surface area contributed by atoms with Crippen molar-refractivity contribution in [2.75, 3.05) is 13.2 Å². The highest BCUT2D eigenvalue weighted by molar-refractivity contribution is 5.71. The fourth-order valence-corrected chi connectivity index (χ4v) is 8.80. The minimum atomic E-state index is -0.760. The number of unbranched alkanes of at least 4 members (excludes halogenated alkanes) is 42. The van der Waals surface area contributed by atoms with Gasteiger partial charge in [0.15, 0.2) is 6.10 Å². The highest BCUT2D eigenvalue weighted by Gasteiger charge is 2.19. The van der Waals surface area contributed by atoms with E-state index in [-0.39, 0.29) is 31.1 Å². The van der Waals surface area contributed by atoms with Crippen LogP contribution in [-0.4, -0.2) is 37.2 Å². The molecule has 0 unspecified atom stereocenters. The van der Waals surface area contributed by atoms with Crippen molar-refractivity contribution in [1.82, 2.24) is 0 Å². The van der Waals surface area contributed by atoms with Crippen molar-refractivity contribution < 1.29 is 28.6 Å². The second kappa shape index (κ2) is 53.0. The molecule has 0 amide bonds. The average Bonchev–Trinajstić information content (AvgIpc) is 3.28. The highest BCUT2D eigenvalue weighted by atomic mass is 16.6. The summed E-state index contributed by atoms with van der Waals surface area (Å²) in [5.74, 6) is -0.833. The molecule has 0 aromatic heterocycles. The lowest BCUT2D eigenvalue weighted by Crippen LogP contribution is -2.30. The van der Waals surface area contributed by atoms with Gasteiger partial charge >= 0.3 is 17.9 Å². The third-order valence-corrected chi connectivity index (χ3v) is 13.1. The number of hydrogen-bond acceptors (Lipinski definition) is 6. The smallest absolute Gasteiger partial charge is 0.306 e. The van der Waals surface area contributed by atoms with Crippen molar-refractivity contribution in [3.63, 3.8) is 0 Å². The zero-order chi connectivity index (χ0) is 45.8. The number of esters is 3. The van der Waals surface area contributed by atoms with E-state index in [0.29, 0.717) is 19.3 Å². The quantitative estimate of drug-likeness (QED) is 0.0344. The molecule has 0 heterocycles. The molecule has 0 aliphatic rings. The molecule has 0 N–H and O–H groups in total. The molecule has 0 saturated heterocycles. The van der Waals surface area contributed by atoms with Gasteiger partial charge in [0.1, 0.15) is 13.2 Å². The number of carbonyl (C=O) groups excluding carboxylic acids is 3. The summed E-state index contributed by atoms with van der Waals surface area (Å²) < 4.78 is 16.9. The summed E-state index contributed by atoms with van der Waals surface area (Å²) in [4.78, 5) is 38.1. The zero-order valence-corrected chi connectivity index (χ0v) is 42.9. The van der Waals surface area contributed by atoms with E-state index in [2.05, 4.69) is 20.8 Å². The van der Waals surface area contributed by atoms with E-state index in [1.54, 1.807) is 0 Å². The van der Waals surface area contributed by atoms with Crippen LogP contribution in [0.4, 0.5) is 0 Å². The van der Waals surface area contributed by atoms with Gasteiger partial charge < -0.3 is 14.2 Å². The van der Waals surface area contributed by atoms with E-state index >= 15 is 0 Å². The largest absolute Gasteiger partial charge is 0.462 e. The van der Waals surface area contributed by atoms with Crippen molar-refractivity contribution in [1.29, 1.82) is 0 Å². The highest BCUT2D eigenvalue weighted by Crippen LogP contribution is 2.18. The number of ether oxygens (including phenoxy) is 3. The normalized spacial score (nSPS) is 11.9. The molecule has 0 saturated carbocycles. The maximum atomic E-state index is 12.8. The molecule has 0 aliphatic heterocycles. The topological polar surface area (TPSA) is 78.9 Å². The molecular formula is C57H110O6. The van der Waals surface area contributed by atoms with Crippen LogP contribution in [-0.2, 0) is 28.6 Å². The summed E-state index contributed by atoms with van der Waals surface area (Å²) in [6.07, 6.45) is 58.0. The van der Waals surface area contributed by atoms with Gasteiger partial charge in [0.2, 0.25) is 0 Å². The molecule has 0 spiro atoms. The summed E-state index contributed by atoms with van der Waals surface area (Å²) in [6.45, 7) is 6.70. The standard InChI is InChI=1S/C57H110O6/c1-4-7-10-13-16-19-22-25-27-29-31-33-36-39-42-45-48-51-57(60)63-54(52-61-55(58)49-46-43-40-37-34-24-21-18-15-12-9-6-3)53-62-56(59)50-47-44-41-38-35-32-30-28-26-23-20-17-14-11-8-5-2/h54H,4-53H2,1-3H3/t54-/m0/s1. The van der Waals surface area contributed by atoms with Crippen LogP contribution in [0.5, 0.6) is 0 Å². The van der Waals surface area contributed by atoms with Crippen LogP contribution in [0.25, 0.3) is 0 Å². The molecule has 6 nitrogen and oxygen atoms in total. The minimum absolute atomic E-state index is 0.0611. The molecule has 0 aliphatic carbocycles. The third-order valence-electron chi connectivity index (χ3n) is 13.1. The lowest BCUT2D eigenvalue weighted by atomic mass is 10.0. The summed E-state index contributed by atoms with van der Waals surface area (Å²) >= 11 is 0. The van der Waals surface area contributed by atoms with Crippen molar-refractivity contribution in [3.8, 4) is 0 Å². The zero-order valence-electron chi connectivity index (χ0n) is 42.9. The summed E-state index contributed by atoms with van der Waals surface area (Å²) in [5, 5.41) is 0. The first-order valence-corrected chi connectivity index (χ1v) is 28.5. The van der Waals surface area contributed by atoms with Crippen molar-refractivity contribution in [2.45, 2.75) is 335 Å². The number of hydrogen-bond donors (Lipinski definition) is 0. The Balaban J connectivity index is 4.28. The molecular weight excluding hydrogens is 781 g/mol. The van der Waals surface area contributed by atoms with Gasteiger partial charge in [-0.15, -0.1) is 0 Å². The first-order valence-electron chi connectivity index (χ1n) is 28.5.